The fourth-order valence-electron chi connectivity index (χ4n) is 4.11. The van der Waals surface area contributed by atoms with Crippen LogP contribution >= 0.6 is 0 Å². The van der Waals surface area contributed by atoms with E-state index in [4.69, 9.17) is 0 Å². The Morgan fingerprint density at radius 2 is 1.85 bits per heavy atom. The number of amides is 3. The molecule has 0 saturated carbocycles. The minimum atomic E-state index is -0.923. The number of ketones is 1. The first kappa shape index (κ1) is 17.5. The summed E-state index contributed by atoms with van der Waals surface area (Å²) in [6.07, 6.45) is 1.77. The number of aryl methyl sites for hydroxylation is 3. The van der Waals surface area contributed by atoms with E-state index < -0.39 is 11.6 Å². The highest BCUT2D eigenvalue weighted by Gasteiger charge is 2.52. The van der Waals surface area contributed by atoms with Crippen LogP contribution < -0.4 is 5.32 Å². The smallest absolute Gasteiger partial charge is 0.323 e. The van der Waals surface area contributed by atoms with Gasteiger partial charge < -0.3 is 5.32 Å². The minimum absolute atomic E-state index is 0.215. The summed E-state index contributed by atoms with van der Waals surface area (Å²) in [5.41, 5.74) is 3.76. The van der Waals surface area contributed by atoms with Crippen molar-refractivity contribution in [1.82, 2.24) is 10.2 Å². The molecule has 5 heteroatoms. The monoisotopic (exact) mass is 362 g/mol. The number of urea groups is 1. The maximum absolute atomic E-state index is 13.1. The number of nitrogens with zero attached hydrogens (tertiary/aromatic N) is 1. The van der Waals surface area contributed by atoms with Gasteiger partial charge in [0.15, 0.2) is 5.78 Å². The summed E-state index contributed by atoms with van der Waals surface area (Å²) in [5.74, 6) is -0.506. The molecule has 27 heavy (non-hydrogen) atoms. The highest BCUT2D eigenvalue weighted by molar-refractivity contribution is 6.11. The third kappa shape index (κ3) is 2.93. The predicted octanol–water partition coefficient (Wildman–Crippen LogP) is 2.97. The molecule has 5 nitrogen and oxygen atoms in total. The van der Waals surface area contributed by atoms with Gasteiger partial charge >= 0.3 is 6.03 Å². The third-order valence-electron chi connectivity index (χ3n) is 5.67. The molecule has 0 bridgehead atoms. The lowest BCUT2D eigenvalue weighted by Crippen LogP contribution is -2.51. The van der Waals surface area contributed by atoms with E-state index in [0.717, 1.165) is 28.0 Å². The van der Waals surface area contributed by atoms with E-state index in [1.54, 1.807) is 0 Å². The average molecular weight is 362 g/mol. The van der Waals surface area contributed by atoms with Gasteiger partial charge in [0, 0.05) is 12.0 Å². The van der Waals surface area contributed by atoms with Crippen LogP contribution in [0.5, 0.6) is 0 Å². The largest absolute Gasteiger partial charge is 0.325 e. The lowest BCUT2D eigenvalue weighted by molar-refractivity contribution is -0.131. The summed E-state index contributed by atoms with van der Waals surface area (Å²) < 4.78 is 0. The van der Waals surface area contributed by atoms with E-state index in [0.29, 0.717) is 18.4 Å². The molecule has 0 radical (unpaired) electrons. The molecular weight excluding hydrogens is 340 g/mol. The molecular formula is C22H22N2O3. The Morgan fingerprint density at radius 3 is 2.63 bits per heavy atom. The zero-order valence-electron chi connectivity index (χ0n) is 15.5. The van der Waals surface area contributed by atoms with Gasteiger partial charge in [-0.1, -0.05) is 42.0 Å². The molecule has 1 unspecified atom stereocenters. The fraction of sp³-hybridized carbons (Fsp3) is 0.318. The van der Waals surface area contributed by atoms with Crippen LogP contribution in [0, 0.1) is 13.8 Å². The zero-order chi connectivity index (χ0) is 19.2. The van der Waals surface area contributed by atoms with E-state index >= 15 is 0 Å². The number of nitrogens with one attached hydrogen (secondary N) is 1. The molecule has 1 saturated heterocycles. The van der Waals surface area contributed by atoms with Crippen molar-refractivity contribution < 1.29 is 14.4 Å². The maximum Gasteiger partial charge on any atom is 0.325 e. The molecule has 138 valence electrons. The lowest BCUT2D eigenvalue weighted by Gasteiger charge is -2.32. The summed E-state index contributed by atoms with van der Waals surface area (Å²) >= 11 is 0. The second kappa shape index (κ2) is 6.34. The quantitative estimate of drug-likeness (QED) is 0.674. The van der Waals surface area contributed by atoms with Gasteiger partial charge in [-0.2, -0.15) is 0 Å². The normalized spacial score (nSPS) is 21.3. The number of benzene rings is 2. The SMILES string of the molecule is Cc1ccc(C)c(C(=O)CN2C(=O)NC3(CCc4ccccc4C3)C2=O)c1. The number of hydrogen-bond acceptors (Lipinski definition) is 3. The molecule has 2 aromatic carbocycles. The van der Waals surface area contributed by atoms with Crippen LogP contribution in [0.4, 0.5) is 4.79 Å². The van der Waals surface area contributed by atoms with Crippen LogP contribution in [0.15, 0.2) is 42.5 Å². The Morgan fingerprint density at radius 1 is 1.11 bits per heavy atom. The van der Waals surface area contributed by atoms with Crippen molar-refractivity contribution in [3.8, 4) is 0 Å². The zero-order valence-corrected chi connectivity index (χ0v) is 15.5. The summed E-state index contributed by atoms with van der Waals surface area (Å²) in [6, 6.07) is 13.1. The Balaban J connectivity index is 1.57. The first-order chi connectivity index (χ1) is 12.9. The lowest BCUT2D eigenvalue weighted by atomic mass is 9.78. The highest BCUT2D eigenvalue weighted by Crippen LogP contribution is 2.33. The van der Waals surface area contributed by atoms with Crippen LogP contribution in [0.2, 0.25) is 0 Å². The van der Waals surface area contributed by atoms with Crippen LogP contribution in [-0.4, -0.2) is 34.7 Å². The van der Waals surface area contributed by atoms with Crippen molar-refractivity contribution in [2.24, 2.45) is 0 Å². The van der Waals surface area contributed by atoms with E-state index in [9.17, 15) is 14.4 Å². The third-order valence-corrected chi connectivity index (χ3v) is 5.67. The Bertz CT molecular complexity index is 966. The van der Waals surface area contributed by atoms with Gasteiger partial charge in [0.05, 0.1) is 6.54 Å². The number of hydrogen-bond donors (Lipinski definition) is 1. The molecule has 1 atom stereocenters. The molecule has 1 fully saturated rings. The van der Waals surface area contributed by atoms with Gasteiger partial charge in [0.1, 0.15) is 5.54 Å². The number of fused-ring (bicyclic) bond motifs is 1. The van der Waals surface area contributed by atoms with Gasteiger partial charge in [-0.25, -0.2) is 4.79 Å². The van der Waals surface area contributed by atoms with Crippen LogP contribution in [0.3, 0.4) is 0 Å². The molecule has 0 aromatic heterocycles. The molecule has 2 aromatic rings. The highest BCUT2D eigenvalue weighted by atomic mass is 16.2. The van der Waals surface area contributed by atoms with Crippen molar-refractivity contribution in [3.63, 3.8) is 0 Å². The second-order valence-electron chi connectivity index (χ2n) is 7.59. The van der Waals surface area contributed by atoms with E-state index in [1.807, 2.05) is 50.2 Å². The van der Waals surface area contributed by atoms with E-state index in [2.05, 4.69) is 11.4 Å². The predicted molar refractivity (Wildman–Crippen MR) is 102 cm³/mol. The minimum Gasteiger partial charge on any atom is -0.323 e. The topological polar surface area (TPSA) is 66.5 Å². The summed E-state index contributed by atoms with van der Waals surface area (Å²) in [7, 11) is 0. The van der Waals surface area contributed by atoms with Gasteiger partial charge in [-0.05, 0) is 49.4 Å². The van der Waals surface area contributed by atoms with Gasteiger partial charge in [0.25, 0.3) is 5.91 Å². The number of carbonyl (C=O) groups excluding carboxylic acids is 3. The molecule has 1 aliphatic carbocycles. The Hall–Kier alpha value is -2.95. The van der Waals surface area contributed by atoms with E-state index in [-0.39, 0.29) is 18.2 Å². The summed E-state index contributed by atoms with van der Waals surface area (Å²) in [5, 5.41) is 2.88. The molecule has 1 heterocycles. The number of imide groups is 1. The van der Waals surface area contributed by atoms with Gasteiger partial charge in [-0.3, -0.25) is 14.5 Å². The standard InChI is InChI=1S/C22H22N2O3/c1-14-7-8-15(2)18(11-14)19(25)13-24-20(26)22(23-21(24)27)10-9-16-5-3-4-6-17(16)12-22/h3-8,11H,9-10,12-13H2,1-2H3,(H,23,27). The molecule has 2 aliphatic rings. The first-order valence-electron chi connectivity index (χ1n) is 9.21. The van der Waals surface area contributed by atoms with Crippen molar-refractivity contribution >= 4 is 17.7 Å². The number of rotatable bonds is 3. The summed E-state index contributed by atoms with van der Waals surface area (Å²) in [4.78, 5) is 39.5. The molecule has 3 amide bonds. The van der Waals surface area contributed by atoms with Crippen LogP contribution in [0.25, 0.3) is 0 Å². The molecule has 1 spiro atoms. The van der Waals surface area contributed by atoms with Crippen molar-refractivity contribution in [1.29, 1.82) is 0 Å². The van der Waals surface area contributed by atoms with Crippen molar-refractivity contribution in [3.05, 3.63) is 70.3 Å². The van der Waals surface area contributed by atoms with Crippen molar-refractivity contribution in [2.45, 2.75) is 38.6 Å². The van der Waals surface area contributed by atoms with Crippen LogP contribution in [-0.2, 0) is 17.6 Å². The summed E-state index contributed by atoms with van der Waals surface area (Å²) in [6.45, 7) is 3.55. The Kier molecular flexibility index (Phi) is 4.10. The van der Waals surface area contributed by atoms with Crippen molar-refractivity contribution in [2.75, 3.05) is 6.54 Å². The molecule has 4 rings (SSSR count). The number of Topliss-reactive ketones (excluding diaryl/α,β-unsaturated/α-hetero) is 1. The molecule has 1 N–H and O–H groups in total. The second-order valence-corrected chi connectivity index (χ2v) is 7.59. The van der Waals surface area contributed by atoms with E-state index in [1.165, 1.54) is 5.56 Å². The Labute approximate surface area is 158 Å². The van der Waals surface area contributed by atoms with Gasteiger partial charge in [0.2, 0.25) is 0 Å². The molecule has 1 aliphatic heterocycles. The fourth-order valence-corrected chi connectivity index (χ4v) is 4.11. The van der Waals surface area contributed by atoms with Crippen LogP contribution in [0.1, 0.15) is 39.0 Å². The maximum atomic E-state index is 13.1. The van der Waals surface area contributed by atoms with Gasteiger partial charge in [-0.15, -0.1) is 0 Å². The number of carbonyl (C=O) groups is 3. The average Bonchev–Trinajstić information content (AvgIpc) is 2.87. The first-order valence-corrected chi connectivity index (χ1v) is 9.21.